The molecule has 4 rings (SSSR count). The lowest BCUT2D eigenvalue weighted by molar-refractivity contribution is -0.137. The number of nitrogens with zero attached hydrogens (tertiary/aromatic N) is 5. The minimum Gasteiger partial charge on any atom is -0.352 e. The second-order valence-corrected chi connectivity index (χ2v) is 6.97. The van der Waals surface area contributed by atoms with Gasteiger partial charge in [0.2, 0.25) is 0 Å². The lowest BCUT2D eigenvalue weighted by atomic mass is 10.1. The van der Waals surface area contributed by atoms with Crippen LogP contribution in [0.5, 0.6) is 0 Å². The number of benzene rings is 1. The molecule has 0 bridgehead atoms. The van der Waals surface area contributed by atoms with Crippen molar-refractivity contribution in [3.05, 3.63) is 71.9 Å². The standard InChI is InChI=1S/C21H19F3N6O/c22-21(23,24)16-6-4-15(5-7-16)20(31)30-13-11-29(12-14-30)19-9-8-18(27-28-19)26-17-3-1-2-10-25-17/h1-10H,11-14H2,(H,25,26,27). The number of rotatable bonds is 4. The monoisotopic (exact) mass is 428 g/mol. The molecule has 2 aromatic heterocycles. The van der Waals surface area contributed by atoms with Crippen molar-refractivity contribution >= 4 is 23.4 Å². The normalized spacial score (nSPS) is 14.4. The first-order valence-corrected chi connectivity index (χ1v) is 9.63. The molecule has 0 spiro atoms. The Kier molecular flexibility index (Phi) is 5.70. The molecule has 1 N–H and O–H groups in total. The molecule has 0 saturated carbocycles. The average molecular weight is 428 g/mol. The highest BCUT2D eigenvalue weighted by atomic mass is 19.4. The quantitative estimate of drug-likeness (QED) is 0.685. The number of pyridine rings is 1. The third-order valence-electron chi connectivity index (χ3n) is 4.92. The predicted molar refractivity (Wildman–Crippen MR) is 109 cm³/mol. The van der Waals surface area contributed by atoms with Crippen LogP contribution in [0.15, 0.2) is 60.8 Å². The van der Waals surface area contributed by atoms with E-state index >= 15 is 0 Å². The van der Waals surface area contributed by atoms with Gasteiger partial charge in [-0.15, -0.1) is 10.2 Å². The number of piperazine rings is 1. The fourth-order valence-electron chi connectivity index (χ4n) is 3.25. The van der Waals surface area contributed by atoms with Gasteiger partial charge in [0.15, 0.2) is 11.6 Å². The van der Waals surface area contributed by atoms with Crippen LogP contribution in [-0.2, 0) is 6.18 Å². The fraction of sp³-hybridized carbons (Fsp3) is 0.238. The van der Waals surface area contributed by atoms with Crippen molar-refractivity contribution in [1.82, 2.24) is 20.1 Å². The van der Waals surface area contributed by atoms with Gasteiger partial charge in [-0.3, -0.25) is 4.79 Å². The van der Waals surface area contributed by atoms with Crippen molar-refractivity contribution in [2.75, 3.05) is 36.4 Å². The first kappa shape index (κ1) is 20.6. The Labute approximate surface area is 176 Å². The number of hydrogen-bond acceptors (Lipinski definition) is 6. The van der Waals surface area contributed by atoms with Gasteiger partial charge in [-0.2, -0.15) is 13.2 Å². The number of carbonyl (C=O) groups excluding carboxylic acids is 1. The van der Waals surface area contributed by atoms with Gasteiger partial charge in [0.05, 0.1) is 5.56 Å². The molecule has 1 amide bonds. The molecule has 0 unspecified atom stereocenters. The van der Waals surface area contributed by atoms with Gasteiger partial charge in [-0.25, -0.2) is 4.98 Å². The van der Waals surface area contributed by atoms with Crippen LogP contribution >= 0.6 is 0 Å². The van der Waals surface area contributed by atoms with Gasteiger partial charge in [0, 0.05) is 37.9 Å². The Morgan fingerprint density at radius 1 is 0.871 bits per heavy atom. The number of aromatic nitrogens is 3. The molecule has 31 heavy (non-hydrogen) atoms. The number of amides is 1. The highest BCUT2D eigenvalue weighted by molar-refractivity contribution is 5.94. The summed E-state index contributed by atoms with van der Waals surface area (Å²) in [4.78, 5) is 20.4. The van der Waals surface area contributed by atoms with Crippen LogP contribution in [0.3, 0.4) is 0 Å². The molecular weight excluding hydrogens is 409 g/mol. The largest absolute Gasteiger partial charge is 0.416 e. The Bertz CT molecular complexity index is 1020. The zero-order chi connectivity index (χ0) is 21.8. The van der Waals surface area contributed by atoms with E-state index in [0.29, 0.717) is 43.6 Å². The second kappa shape index (κ2) is 8.58. The summed E-state index contributed by atoms with van der Waals surface area (Å²) in [5, 5.41) is 11.5. The predicted octanol–water partition coefficient (Wildman–Crippen LogP) is 3.60. The minimum atomic E-state index is -4.42. The highest BCUT2D eigenvalue weighted by Crippen LogP contribution is 2.29. The van der Waals surface area contributed by atoms with Crippen molar-refractivity contribution in [3.63, 3.8) is 0 Å². The molecule has 3 heterocycles. The van der Waals surface area contributed by atoms with Crippen molar-refractivity contribution in [3.8, 4) is 0 Å². The molecule has 10 heteroatoms. The number of anilines is 3. The summed E-state index contributed by atoms with van der Waals surface area (Å²) < 4.78 is 38.1. The maximum absolute atomic E-state index is 12.7. The molecule has 1 fully saturated rings. The molecule has 160 valence electrons. The maximum Gasteiger partial charge on any atom is 0.416 e. The van der Waals surface area contributed by atoms with Gasteiger partial charge < -0.3 is 15.1 Å². The Hall–Kier alpha value is -3.69. The van der Waals surface area contributed by atoms with E-state index in [-0.39, 0.29) is 11.5 Å². The van der Waals surface area contributed by atoms with Gasteiger partial charge >= 0.3 is 6.18 Å². The number of nitrogens with one attached hydrogen (secondary N) is 1. The smallest absolute Gasteiger partial charge is 0.352 e. The van der Waals surface area contributed by atoms with Gasteiger partial charge in [0.25, 0.3) is 5.91 Å². The summed E-state index contributed by atoms with van der Waals surface area (Å²) >= 11 is 0. The third-order valence-corrected chi connectivity index (χ3v) is 4.92. The summed E-state index contributed by atoms with van der Waals surface area (Å²) in [6.45, 7) is 1.98. The van der Waals surface area contributed by atoms with Crippen LogP contribution in [0.1, 0.15) is 15.9 Å². The van der Waals surface area contributed by atoms with E-state index in [1.807, 2.05) is 29.2 Å². The van der Waals surface area contributed by atoms with Crippen LogP contribution in [-0.4, -0.2) is 52.2 Å². The molecule has 1 aliphatic heterocycles. The van der Waals surface area contributed by atoms with Crippen LogP contribution in [0.2, 0.25) is 0 Å². The fourth-order valence-corrected chi connectivity index (χ4v) is 3.25. The highest BCUT2D eigenvalue weighted by Gasteiger charge is 2.30. The topological polar surface area (TPSA) is 74.2 Å². The summed E-state index contributed by atoms with van der Waals surface area (Å²) in [7, 11) is 0. The van der Waals surface area contributed by atoms with Crippen LogP contribution in [0, 0.1) is 0 Å². The van der Waals surface area contributed by atoms with Gasteiger partial charge in [-0.05, 0) is 48.5 Å². The maximum atomic E-state index is 12.7. The molecule has 0 radical (unpaired) electrons. The Morgan fingerprint density at radius 3 is 2.19 bits per heavy atom. The molecular formula is C21H19F3N6O. The third kappa shape index (κ3) is 4.90. The van der Waals surface area contributed by atoms with E-state index in [4.69, 9.17) is 0 Å². The number of alkyl halides is 3. The number of carbonyl (C=O) groups is 1. The van der Waals surface area contributed by atoms with E-state index in [2.05, 4.69) is 20.5 Å². The lowest BCUT2D eigenvalue weighted by Crippen LogP contribution is -2.49. The molecule has 7 nitrogen and oxygen atoms in total. The summed E-state index contributed by atoms with van der Waals surface area (Å²) in [5.41, 5.74) is -0.528. The van der Waals surface area contributed by atoms with Gasteiger partial charge in [0.1, 0.15) is 5.82 Å². The Morgan fingerprint density at radius 2 is 1.61 bits per heavy atom. The van der Waals surface area contributed by atoms with E-state index in [9.17, 15) is 18.0 Å². The Balaban J connectivity index is 1.33. The first-order chi connectivity index (χ1) is 14.9. The first-order valence-electron chi connectivity index (χ1n) is 9.63. The van der Waals surface area contributed by atoms with Crippen LogP contribution < -0.4 is 10.2 Å². The van der Waals surface area contributed by atoms with E-state index < -0.39 is 11.7 Å². The lowest BCUT2D eigenvalue weighted by Gasteiger charge is -2.35. The van der Waals surface area contributed by atoms with Crippen molar-refractivity contribution < 1.29 is 18.0 Å². The van der Waals surface area contributed by atoms with E-state index in [1.54, 1.807) is 17.2 Å². The van der Waals surface area contributed by atoms with E-state index in [0.717, 1.165) is 12.1 Å². The molecule has 3 aromatic rings. The molecule has 1 aromatic carbocycles. The SMILES string of the molecule is O=C(c1ccc(C(F)(F)F)cc1)N1CCN(c2ccc(Nc3ccccn3)nn2)CC1. The molecule has 0 aliphatic carbocycles. The number of hydrogen-bond donors (Lipinski definition) is 1. The van der Waals surface area contributed by atoms with Gasteiger partial charge in [-0.1, -0.05) is 6.07 Å². The second-order valence-electron chi connectivity index (χ2n) is 6.97. The van der Waals surface area contributed by atoms with Crippen LogP contribution in [0.25, 0.3) is 0 Å². The minimum absolute atomic E-state index is 0.242. The average Bonchev–Trinajstić information content (AvgIpc) is 2.79. The summed E-state index contributed by atoms with van der Waals surface area (Å²) in [6, 6.07) is 13.4. The van der Waals surface area contributed by atoms with E-state index in [1.165, 1.54) is 12.1 Å². The summed E-state index contributed by atoms with van der Waals surface area (Å²) in [6.07, 6.45) is -2.74. The molecule has 0 atom stereocenters. The summed E-state index contributed by atoms with van der Waals surface area (Å²) in [5.74, 6) is 1.64. The van der Waals surface area contributed by atoms with Crippen LogP contribution in [0.4, 0.5) is 30.6 Å². The van der Waals surface area contributed by atoms with Crippen molar-refractivity contribution in [1.29, 1.82) is 0 Å². The zero-order valence-electron chi connectivity index (χ0n) is 16.4. The van der Waals surface area contributed by atoms with Crippen molar-refractivity contribution in [2.45, 2.75) is 6.18 Å². The van der Waals surface area contributed by atoms with Crippen molar-refractivity contribution in [2.24, 2.45) is 0 Å². The molecule has 1 aliphatic rings. The molecule has 1 saturated heterocycles. The zero-order valence-corrected chi connectivity index (χ0v) is 16.4. The number of halogens is 3.